The Bertz CT molecular complexity index is 399. The lowest BCUT2D eigenvalue weighted by atomic mass is 9.88. The van der Waals surface area contributed by atoms with Crippen molar-refractivity contribution in [2.24, 2.45) is 11.7 Å². The molecule has 0 aromatic heterocycles. The van der Waals surface area contributed by atoms with Crippen molar-refractivity contribution in [3.63, 3.8) is 0 Å². The van der Waals surface area contributed by atoms with Crippen LogP contribution in [0.5, 0.6) is 0 Å². The van der Waals surface area contributed by atoms with Crippen molar-refractivity contribution in [3.05, 3.63) is 33.8 Å². The number of hydrogen-bond donors (Lipinski definition) is 1. The highest BCUT2D eigenvalue weighted by Gasteiger charge is 2.24. The summed E-state index contributed by atoms with van der Waals surface area (Å²) in [6.07, 6.45) is 2.23. The van der Waals surface area contributed by atoms with E-state index in [1.807, 2.05) is 6.07 Å². The standard InChI is InChI=1S/C14H20ClNO/c1-9-6-12(13(15)7-10(9)2)14(16)11-4-3-5-17-8-11/h6-7,11,14H,3-5,8,16H2,1-2H3. The maximum Gasteiger partial charge on any atom is 0.0512 e. The van der Waals surface area contributed by atoms with Crippen molar-refractivity contribution in [1.29, 1.82) is 0 Å². The molecule has 0 amide bonds. The van der Waals surface area contributed by atoms with Gasteiger partial charge in [-0.05, 0) is 49.4 Å². The highest BCUT2D eigenvalue weighted by Crippen LogP contribution is 2.32. The van der Waals surface area contributed by atoms with Gasteiger partial charge in [0, 0.05) is 23.6 Å². The lowest BCUT2D eigenvalue weighted by Gasteiger charge is -2.28. The van der Waals surface area contributed by atoms with E-state index in [0.29, 0.717) is 5.92 Å². The molecule has 2 rings (SSSR count). The molecule has 17 heavy (non-hydrogen) atoms. The molecular formula is C14H20ClNO. The molecule has 1 aliphatic rings. The van der Waals surface area contributed by atoms with Crippen molar-refractivity contribution in [1.82, 2.24) is 0 Å². The molecule has 1 saturated heterocycles. The molecule has 2 nitrogen and oxygen atoms in total. The SMILES string of the molecule is Cc1cc(Cl)c(C(N)C2CCCOC2)cc1C. The van der Waals surface area contributed by atoms with Gasteiger partial charge in [-0.3, -0.25) is 0 Å². The largest absolute Gasteiger partial charge is 0.381 e. The first-order chi connectivity index (χ1) is 8.09. The fourth-order valence-corrected chi connectivity index (χ4v) is 2.71. The Morgan fingerprint density at radius 2 is 2.06 bits per heavy atom. The normalized spacial score (nSPS) is 22.5. The Kier molecular flexibility index (Phi) is 4.08. The van der Waals surface area contributed by atoms with Crippen LogP contribution in [0.1, 0.15) is 35.6 Å². The summed E-state index contributed by atoms with van der Waals surface area (Å²) < 4.78 is 5.50. The van der Waals surface area contributed by atoms with Gasteiger partial charge in [-0.15, -0.1) is 0 Å². The first-order valence-electron chi connectivity index (χ1n) is 6.19. The third-order valence-corrected chi connectivity index (χ3v) is 4.00. The molecule has 1 aromatic carbocycles. The lowest BCUT2D eigenvalue weighted by molar-refractivity contribution is 0.0448. The highest BCUT2D eigenvalue weighted by atomic mass is 35.5. The highest BCUT2D eigenvalue weighted by molar-refractivity contribution is 6.31. The number of ether oxygens (including phenoxy) is 1. The first-order valence-corrected chi connectivity index (χ1v) is 6.57. The van der Waals surface area contributed by atoms with Crippen molar-refractivity contribution < 1.29 is 4.74 Å². The average molecular weight is 254 g/mol. The molecule has 2 atom stereocenters. The second kappa shape index (κ2) is 5.38. The van der Waals surface area contributed by atoms with Crippen molar-refractivity contribution in [3.8, 4) is 0 Å². The fraction of sp³-hybridized carbons (Fsp3) is 0.571. The van der Waals surface area contributed by atoms with Crippen LogP contribution in [0.2, 0.25) is 5.02 Å². The van der Waals surface area contributed by atoms with Gasteiger partial charge in [0.15, 0.2) is 0 Å². The maximum atomic E-state index is 6.33. The van der Waals surface area contributed by atoms with Gasteiger partial charge in [0.1, 0.15) is 0 Å². The molecule has 0 bridgehead atoms. The third kappa shape index (κ3) is 2.82. The third-order valence-electron chi connectivity index (χ3n) is 3.68. The molecule has 0 spiro atoms. The zero-order valence-electron chi connectivity index (χ0n) is 10.5. The molecule has 94 valence electrons. The molecule has 2 N–H and O–H groups in total. The summed E-state index contributed by atoms with van der Waals surface area (Å²) in [5.41, 5.74) is 9.85. The smallest absolute Gasteiger partial charge is 0.0512 e. The zero-order chi connectivity index (χ0) is 12.4. The monoisotopic (exact) mass is 253 g/mol. The fourth-order valence-electron chi connectivity index (χ4n) is 2.36. The van der Waals surface area contributed by atoms with Gasteiger partial charge in [0.25, 0.3) is 0 Å². The van der Waals surface area contributed by atoms with Crippen LogP contribution in [0.4, 0.5) is 0 Å². The van der Waals surface area contributed by atoms with Crippen LogP contribution in [0, 0.1) is 19.8 Å². The topological polar surface area (TPSA) is 35.2 Å². The predicted molar refractivity (Wildman–Crippen MR) is 71.4 cm³/mol. The zero-order valence-corrected chi connectivity index (χ0v) is 11.3. The second-order valence-corrected chi connectivity index (χ2v) is 5.37. The number of benzene rings is 1. The van der Waals surface area contributed by atoms with Gasteiger partial charge in [-0.1, -0.05) is 17.7 Å². The van der Waals surface area contributed by atoms with E-state index in [9.17, 15) is 0 Å². The van der Waals surface area contributed by atoms with Crippen LogP contribution in [-0.2, 0) is 4.74 Å². The minimum Gasteiger partial charge on any atom is -0.381 e. The number of hydrogen-bond acceptors (Lipinski definition) is 2. The average Bonchev–Trinajstić information content (AvgIpc) is 2.34. The van der Waals surface area contributed by atoms with E-state index < -0.39 is 0 Å². The van der Waals surface area contributed by atoms with E-state index in [0.717, 1.165) is 36.6 Å². The molecule has 1 heterocycles. The molecule has 0 aliphatic carbocycles. The Hall–Kier alpha value is -0.570. The second-order valence-electron chi connectivity index (χ2n) is 4.96. The Morgan fingerprint density at radius 1 is 1.35 bits per heavy atom. The van der Waals surface area contributed by atoms with Gasteiger partial charge in [0.2, 0.25) is 0 Å². The minimum atomic E-state index is -0.0119. The molecule has 1 fully saturated rings. The van der Waals surface area contributed by atoms with Gasteiger partial charge in [-0.2, -0.15) is 0 Å². The summed E-state index contributed by atoms with van der Waals surface area (Å²) in [6.45, 7) is 5.79. The summed E-state index contributed by atoms with van der Waals surface area (Å²) in [5.74, 6) is 0.392. The number of nitrogens with two attached hydrogens (primary N) is 1. The Labute approximate surface area is 108 Å². The van der Waals surface area contributed by atoms with E-state index in [1.54, 1.807) is 0 Å². The van der Waals surface area contributed by atoms with Crippen LogP contribution >= 0.6 is 11.6 Å². The summed E-state index contributed by atoms with van der Waals surface area (Å²) in [5, 5.41) is 0.783. The van der Waals surface area contributed by atoms with E-state index in [-0.39, 0.29) is 6.04 Å². The number of rotatable bonds is 2. The molecule has 1 aliphatic heterocycles. The van der Waals surface area contributed by atoms with E-state index in [4.69, 9.17) is 22.1 Å². The van der Waals surface area contributed by atoms with Crippen LogP contribution in [0.25, 0.3) is 0 Å². The molecule has 2 unspecified atom stereocenters. The number of aryl methyl sites for hydroxylation is 2. The van der Waals surface area contributed by atoms with Gasteiger partial charge in [0.05, 0.1) is 6.61 Å². The van der Waals surface area contributed by atoms with Crippen LogP contribution in [-0.4, -0.2) is 13.2 Å². The summed E-state index contributed by atoms with van der Waals surface area (Å²) in [4.78, 5) is 0. The summed E-state index contributed by atoms with van der Waals surface area (Å²) in [7, 11) is 0. The van der Waals surface area contributed by atoms with Crippen molar-refractivity contribution in [2.75, 3.05) is 13.2 Å². The molecule has 0 radical (unpaired) electrons. The summed E-state index contributed by atoms with van der Waals surface area (Å²) >= 11 is 6.29. The van der Waals surface area contributed by atoms with Crippen LogP contribution in [0.15, 0.2) is 12.1 Å². The van der Waals surface area contributed by atoms with E-state index in [2.05, 4.69) is 19.9 Å². The quantitative estimate of drug-likeness (QED) is 0.877. The van der Waals surface area contributed by atoms with Gasteiger partial charge in [-0.25, -0.2) is 0 Å². The summed E-state index contributed by atoms with van der Waals surface area (Å²) in [6, 6.07) is 4.12. The molecular weight excluding hydrogens is 234 g/mol. The van der Waals surface area contributed by atoms with E-state index in [1.165, 1.54) is 11.1 Å². The minimum absolute atomic E-state index is 0.0119. The molecule has 0 saturated carbocycles. The predicted octanol–water partition coefficient (Wildman–Crippen LogP) is 3.38. The number of halogens is 1. The van der Waals surface area contributed by atoms with Crippen molar-refractivity contribution >= 4 is 11.6 Å². The Morgan fingerprint density at radius 3 is 2.71 bits per heavy atom. The maximum absolute atomic E-state index is 6.33. The van der Waals surface area contributed by atoms with Crippen LogP contribution in [0.3, 0.4) is 0 Å². The molecule has 3 heteroatoms. The first kappa shape index (κ1) is 12.9. The Balaban J connectivity index is 2.23. The van der Waals surface area contributed by atoms with Crippen LogP contribution < -0.4 is 5.73 Å². The van der Waals surface area contributed by atoms with Crippen molar-refractivity contribution in [2.45, 2.75) is 32.7 Å². The van der Waals surface area contributed by atoms with Gasteiger partial charge >= 0.3 is 0 Å². The lowest BCUT2D eigenvalue weighted by Crippen LogP contribution is -2.29. The van der Waals surface area contributed by atoms with E-state index >= 15 is 0 Å². The van der Waals surface area contributed by atoms with Gasteiger partial charge < -0.3 is 10.5 Å². The molecule has 1 aromatic rings.